The number of fused-ring (bicyclic) bond motifs is 3. The van der Waals surface area contributed by atoms with Crippen LogP contribution in [0.4, 0.5) is 0 Å². The Morgan fingerprint density at radius 2 is 2.46 bits per heavy atom. The van der Waals surface area contributed by atoms with Crippen LogP contribution < -0.4 is 0 Å². The molecule has 2 heterocycles. The van der Waals surface area contributed by atoms with Crippen molar-refractivity contribution in [2.45, 2.75) is 6.42 Å². The smallest absolute Gasteiger partial charge is 0.166 e. The molecule has 2 aromatic rings. The van der Waals surface area contributed by atoms with Crippen LogP contribution in [0.2, 0.25) is 0 Å². The summed E-state index contributed by atoms with van der Waals surface area (Å²) >= 11 is 0. The van der Waals surface area contributed by atoms with Crippen molar-refractivity contribution in [3.05, 3.63) is 35.4 Å². The molecular formula is C10H7NO2. The SMILES string of the molecule is O=Cc1cc2c([nH]1)-c1ccoc1C2. The van der Waals surface area contributed by atoms with Gasteiger partial charge in [-0.15, -0.1) is 0 Å². The van der Waals surface area contributed by atoms with E-state index in [1.165, 1.54) is 0 Å². The molecule has 0 amide bonds. The number of aromatic nitrogens is 1. The van der Waals surface area contributed by atoms with Gasteiger partial charge in [0.25, 0.3) is 0 Å². The van der Waals surface area contributed by atoms with Crippen LogP contribution >= 0.6 is 0 Å². The molecule has 0 radical (unpaired) electrons. The first kappa shape index (κ1) is 6.71. The number of hydrogen-bond donors (Lipinski definition) is 1. The van der Waals surface area contributed by atoms with Gasteiger partial charge in [0, 0.05) is 12.0 Å². The first-order chi connectivity index (χ1) is 6.38. The zero-order chi connectivity index (χ0) is 8.84. The lowest BCUT2D eigenvalue weighted by molar-refractivity contribution is 0.111. The maximum atomic E-state index is 10.5. The summed E-state index contributed by atoms with van der Waals surface area (Å²) < 4.78 is 5.28. The fraction of sp³-hybridized carbons (Fsp3) is 0.100. The summed E-state index contributed by atoms with van der Waals surface area (Å²) in [6.45, 7) is 0. The van der Waals surface area contributed by atoms with Gasteiger partial charge in [0.1, 0.15) is 5.76 Å². The van der Waals surface area contributed by atoms with E-state index in [4.69, 9.17) is 4.42 Å². The highest BCUT2D eigenvalue weighted by Gasteiger charge is 2.23. The molecule has 3 heteroatoms. The summed E-state index contributed by atoms with van der Waals surface area (Å²) in [4.78, 5) is 13.6. The lowest BCUT2D eigenvalue weighted by Crippen LogP contribution is -1.79. The first-order valence-electron chi connectivity index (χ1n) is 4.12. The Balaban J connectivity index is 2.25. The molecule has 0 aliphatic heterocycles. The molecule has 3 rings (SSSR count). The largest absolute Gasteiger partial charge is 0.468 e. The van der Waals surface area contributed by atoms with E-state index in [1.807, 2.05) is 12.1 Å². The van der Waals surface area contributed by atoms with Gasteiger partial charge in [-0.05, 0) is 17.7 Å². The van der Waals surface area contributed by atoms with E-state index in [0.29, 0.717) is 5.69 Å². The lowest BCUT2D eigenvalue weighted by atomic mass is 10.2. The fourth-order valence-electron chi connectivity index (χ4n) is 1.84. The van der Waals surface area contributed by atoms with Crippen LogP contribution in [0.5, 0.6) is 0 Å². The summed E-state index contributed by atoms with van der Waals surface area (Å²) in [6, 6.07) is 3.80. The third-order valence-corrected chi connectivity index (χ3v) is 2.41. The van der Waals surface area contributed by atoms with E-state index in [9.17, 15) is 4.79 Å². The molecule has 0 atom stereocenters. The Morgan fingerprint density at radius 3 is 3.31 bits per heavy atom. The van der Waals surface area contributed by atoms with Gasteiger partial charge in [0.2, 0.25) is 0 Å². The van der Waals surface area contributed by atoms with Crippen molar-refractivity contribution in [3.8, 4) is 11.3 Å². The lowest BCUT2D eigenvalue weighted by Gasteiger charge is -1.87. The summed E-state index contributed by atoms with van der Waals surface area (Å²) in [5.74, 6) is 0.985. The van der Waals surface area contributed by atoms with Gasteiger partial charge in [0.15, 0.2) is 6.29 Å². The minimum Gasteiger partial charge on any atom is -0.468 e. The quantitative estimate of drug-likeness (QED) is 0.572. The Labute approximate surface area is 74.4 Å². The molecular weight excluding hydrogens is 166 g/mol. The van der Waals surface area contributed by atoms with E-state index in [2.05, 4.69) is 4.98 Å². The average molecular weight is 173 g/mol. The van der Waals surface area contributed by atoms with E-state index >= 15 is 0 Å². The maximum absolute atomic E-state index is 10.5. The number of aldehydes is 1. The number of carbonyl (C=O) groups is 1. The van der Waals surface area contributed by atoms with Crippen LogP contribution in [0.15, 0.2) is 22.8 Å². The van der Waals surface area contributed by atoms with E-state index < -0.39 is 0 Å². The van der Waals surface area contributed by atoms with Crippen molar-refractivity contribution < 1.29 is 9.21 Å². The normalized spacial score (nSPS) is 12.6. The zero-order valence-electron chi connectivity index (χ0n) is 6.83. The predicted molar refractivity (Wildman–Crippen MR) is 46.7 cm³/mol. The van der Waals surface area contributed by atoms with E-state index in [1.54, 1.807) is 6.26 Å². The summed E-state index contributed by atoms with van der Waals surface area (Å²) in [5, 5.41) is 0. The molecule has 0 saturated heterocycles. The fourth-order valence-corrected chi connectivity index (χ4v) is 1.84. The van der Waals surface area contributed by atoms with Gasteiger partial charge in [-0.1, -0.05) is 0 Å². The number of furan rings is 1. The molecule has 0 spiro atoms. The third kappa shape index (κ3) is 0.758. The van der Waals surface area contributed by atoms with Crippen LogP contribution in [0, 0.1) is 0 Å². The molecule has 0 aromatic carbocycles. The Hall–Kier alpha value is -1.77. The topological polar surface area (TPSA) is 46.0 Å². The van der Waals surface area contributed by atoms with Gasteiger partial charge in [-0.2, -0.15) is 0 Å². The van der Waals surface area contributed by atoms with Crippen LogP contribution in [0.25, 0.3) is 11.3 Å². The average Bonchev–Trinajstić information content (AvgIpc) is 2.72. The molecule has 2 aromatic heterocycles. The molecule has 0 saturated carbocycles. The number of carbonyl (C=O) groups excluding carboxylic acids is 1. The Kier molecular flexibility index (Phi) is 1.10. The molecule has 64 valence electrons. The molecule has 1 N–H and O–H groups in total. The second-order valence-electron chi connectivity index (χ2n) is 3.18. The minimum atomic E-state index is 0.636. The van der Waals surface area contributed by atoms with Crippen LogP contribution in [0.1, 0.15) is 21.8 Å². The van der Waals surface area contributed by atoms with Gasteiger partial charge in [-0.25, -0.2) is 0 Å². The predicted octanol–water partition coefficient (Wildman–Crippen LogP) is 1.99. The molecule has 0 bridgehead atoms. The van der Waals surface area contributed by atoms with Gasteiger partial charge < -0.3 is 9.40 Å². The van der Waals surface area contributed by atoms with Crippen LogP contribution in [0.3, 0.4) is 0 Å². The number of hydrogen-bond acceptors (Lipinski definition) is 2. The molecule has 3 nitrogen and oxygen atoms in total. The third-order valence-electron chi connectivity index (χ3n) is 2.41. The Morgan fingerprint density at radius 1 is 1.54 bits per heavy atom. The molecule has 13 heavy (non-hydrogen) atoms. The summed E-state index contributed by atoms with van der Waals surface area (Å²) in [7, 11) is 0. The second kappa shape index (κ2) is 2.13. The van der Waals surface area contributed by atoms with Crippen molar-refractivity contribution in [1.82, 2.24) is 4.98 Å². The monoisotopic (exact) mass is 173 g/mol. The van der Waals surface area contributed by atoms with Gasteiger partial charge in [-0.3, -0.25) is 4.79 Å². The van der Waals surface area contributed by atoms with Crippen molar-refractivity contribution in [1.29, 1.82) is 0 Å². The van der Waals surface area contributed by atoms with Gasteiger partial charge in [0.05, 0.1) is 17.7 Å². The van der Waals surface area contributed by atoms with Gasteiger partial charge >= 0.3 is 0 Å². The van der Waals surface area contributed by atoms with Crippen molar-refractivity contribution >= 4 is 6.29 Å². The number of nitrogens with one attached hydrogen (secondary N) is 1. The molecule has 0 unspecified atom stereocenters. The molecule has 1 aliphatic carbocycles. The highest BCUT2D eigenvalue weighted by atomic mass is 16.3. The van der Waals surface area contributed by atoms with E-state index in [0.717, 1.165) is 35.3 Å². The summed E-state index contributed by atoms with van der Waals surface area (Å²) in [5.41, 5.74) is 3.90. The van der Waals surface area contributed by atoms with E-state index in [-0.39, 0.29) is 0 Å². The highest BCUT2D eigenvalue weighted by Crippen LogP contribution is 2.36. The first-order valence-corrected chi connectivity index (χ1v) is 4.12. The zero-order valence-corrected chi connectivity index (χ0v) is 6.83. The highest BCUT2D eigenvalue weighted by molar-refractivity contribution is 5.80. The number of H-pyrrole nitrogens is 1. The number of rotatable bonds is 1. The summed E-state index contributed by atoms with van der Waals surface area (Å²) in [6.07, 6.45) is 3.30. The molecule has 1 aliphatic rings. The van der Waals surface area contributed by atoms with Crippen LogP contribution in [-0.4, -0.2) is 11.3 Å². The minimum absolute atomic E-state index is 0.636. The standard InChI is InChI=1S/C10H7NO2/c12-5-7-3-6-4-9-8(1-2-13-9)10(6)11-7/h1-3,5,11H,4H2. The maximum Gasteiger partial charge on any atom is 0.166 e. The Bertz CT molecular complexity index is 479. The van der Waals surface area contributed by atoms with Crippen LogP contribution in [-0.2, 0) is 6.42 Å². The molecule has 0 fully saturated rings. The van der Waals surface area contributed by atoms with Crippen molar-refractivity contribution in [2.75, 3.05) is 0 Å². The second-order valence-corrected chi connectivity index (χ2v) is 3.18. The van der Waals surface area contributed by atoms with Crippen molar-refractivity contribution in [2.24, 2.45) is 0 Å². The number of aromatic amines is 1. The van der Waals surface area contributed by atoms with Crippen molar-refractivity contribution in [3.63, 3.8) is 0 Å².